The Kier molecular flexibility index (Phi) is 5.68. The number of nitrogens with one attached hydrogen (secondary N) is 1. The minimum Gasteiger partial charge on any atom is -0.495 e. The van der Waals surface area contributed by atoms with Crippen molar-refractivity contribution < 1.29 is 26.8 Å². The molecule has 2 rings (SSSR count). The molecule has 0 saturated carbocycles. The van der Waals surface area contributed by atoms with Gasteiger partial charge in [-0.05, 0) is 35.9 Å². The van der Waals surface area contributed by atoms with Crippen LogP contribution in [0.2, 0.25) is 0 Å². The summed E-state index contributed by atoms with van der Waals surface area (Å²) in [5.41, 5.74) is 0.647. The van der Waals surface area contributed by atoms with Gasteiger partial charge in [0.15, 0.2) is 0 Å². The smallest absolute Gasteiger partial charge is 0.332 e. The third-order valence-electron chi connectivity index (χ3n) is 3.24. The van der Waals surface area contributed by atoms with Crippen LogP contribution >= 0.6 is 0 Å². The van der Waals surface area contributed by atoms with Crippen molar-refractivity contribution in [1.82, 2.24) is 0 Å². The van der Waals surface area contributed by atoms with E-state index in [9.17, 15) is 27.2 Å². The molecule has 136 valence electrons. The van der Waals surface area contributed by atoms with E-state index < -0.39 is 25.9 Å². The molecule has 0 bridgehead atoms. The van der Waals surface area contributed by atoms with Crippen LogP contribution in [-0.4, -0.2) is 26.4 Å². The van der Waals surface area contributed by atoms with Gasteiger partial charge < -0.3 is 10.1 Å². The van der Waals surface area contributed by atoms with Gasteiger partial charge in [-0.15, -0.1) is 3.89 Å². The molecular weight excluding hydrogens is 367 g/mol. The minimum atomic E-state index is -4.89. The van der Waals surface area contributed by atoms with Crippen molar-refractivity contribution in [2.45, 2.75) is 4.90 Å². The van der Waals surface area contributed by atoms with Gasteiger partial charge in [0, 0.05) is 24.3 Å². The minimum absolute atomic E-state index is 0.0270. The highest BCUT2D eigenvalue weighted by molar-refractivity contribution is 7.86. The van der Waals surface area contributed by atoms with Gasteiger partial charge in [0.1, 0.15) is 10.6 Å². The molecule has 2 aromatic rings. The lowest BCUT2D eigenvalue weighted by Crippen LogP contribution is -2.09. The maximum absolute atomic E-state index is 13.0. The Morgan fingerprint density at radius 1 is 1.23 bits per heavy atom. The maximum Gasteiger partial charge on any atom is 0.332 e. The Labute approximate surface area is 148 Å². The molecule has 0 aliphatic carbocycles. The fourth-order valence-corrected chi connectivity index (χ4v) is 2.46. The lowest BCUT2D eigenvalue weighted by molar-refractivity contribution is -0.384. The number of carbonyl (C=O) groups excluding carboxylic acids is 1. The van der Waals surface area contributed by atoms with Gasteiger partial charge in [-0.3, -0.25) is 14.9 Å². The number of anilines is 1. The number of amides is 1. The van der Waals surface area contributed by atoms with Crippen LogP contribution < -0.4 is 10.1 Å². The van der Waals surface area contributed by atoms with E-state index in [1.54, 1.807) is 0 Å². The second-order valence-electron chi connectivity index (χ2n) is 4.97. The van der Waals surface area contributed by atoms with Gasteiger partial charge in [0.25, 0.3) is 5.69 Å². The van der Waals surface area contributed by atoms with Crippen molar-refractivity contribution in [3.8, 4) is 5.75 Å². The molecule has 0 aliphatic heterocycles. The van der Waals surface area contributed by atoms with Gasteiger partial charge in [0.2, 0.25) is 5.91 Å². The van der Waals surface area contributed by atoms with Gasteiger partial charge in [0.05, 0.1) is 17.7 Å². The molecule has 0 heterocycles. The Hall–Kier alpha value is -3.27. The van der Waals surface area contributed by atoms with E-state index in [1.165, 1.54) is 49.6 Å². The summed E-state index contributed by atoms with van der Waals surface area (Å²) < 4.78 is 39.7. The van der Waals surface area contributed by atoms with E-state index in [2.05, 4.69) is 5.32 Å². The predicted octanol–water partition coefficient (Wildman–Crippen LogP) is 2.91. The zero-order chi connectivity index (χ0) is 19.3. The summed E-state index contributed by atoms with van der Waals surface area (Å²) in [5, 5.41) is 13.0. The highest BCUT2D eigenvalue weighted by atomic mass is 32.3. The number of rotatable bonds is 6. The normalized spacial score (nSPS) is 11.3. The fourth-order valence-electron chi connectivity index (χ4n) is 1.98. The highest BCUT2D eigenvalue weighted by Gasteiger charge is 2.15. The van der Waals surface area contributed by atoms with Crippen molar-refractivity contribution in [2.75, 3.05) is 12.4 Å². The Morgan fingerprint density at radius 2 is 1.88 bits per heavy atom. The quantitative estimate of drug-likeness (QED) is 0.356. The van der Waals surface area contributed by atoms with Gasteiger partial charge in [-0.25, -0.2) is 0 Å². The zero-order valence-corrected chi connectivity index (χ0v) is 14.2. The van der Waals surface area contributed by atoms with Crippen LogP contribution in [0, 0.1) is 10.1 Å². The first-order valence-electron chi connectivity index (χ1n) is 7.07. The third kappa shape index (κ3) is 4.86. The molecule has 1 amide bonds. The van der Waals surface area contributed by atoms with Crippen LogP contribution in [0.1, 0.15) is 5.56 Å². The summed E-state index contributed by atoms with van der Waals surface area (Å²) in [6.07, 6.45) is 2.62. The lowest BCUT2D eigenvalue weighted by atomic mass is 10.2. The summed E-state index contributed by atoms with van der Waals surface area (Å²) >= 11 is 0. The zero-order valence-electron chi connectivity index (χ0n) is 13.4. The Balaban J connectivity index is 2.13. The molecule has 8 nitrogen and oxygen atoms in total. The number of hydrogen-bond donors (Lipinski definition) is 1. The number of methoxy groups -OCH3 is 1. The monoisotopic (exact) mass is 380 g/mol. The van der Waals surface area contributed by atoms with Crippen molar-refractivity contribution in [3.05, 3.63) is 64.2 Å². The maximum atomic E-state index is 13.0. The van der Waals surface area contributed by atoms with Crippen LogP contribution in [0.4, 0.5) is 15.3 Å². The van der Waals surface area contributed by atoms with Gasteiger partial charge >= 0.3 is 10.2 Å². The molecule has 0 radical (unpaired) electrons. The van der Waals surface area contributed by atoms with E-state index in [4.69, 9.17) is 4.74 Å². The average molecular weight is 380 g/mol. The summed E-state index contributed by atoms with van der Waals surface area (Å²) in [4.78, 5) is 21.4. The van der Waals surface area contributed by atoms with Gasteiger partial charge in [-0.2, -0.15) is 8.42 Å². The van der Waals surface area contributed by atoms with Crippen LogP contribution in [0.15, 0.2) is 53.4 Å². The van der Waals surface area contributed by atoms with Crippen molar-refractivity contribution >= 4 is 33.6 Å². The number of benzene rings is 2. The fraction of sp³-hybridized carbons (Fsp3) is 0.0625. The lowest BCUT2D eigenvalue weighted by Gasteiger charge is -2.09. The van der Waals surface area contributed by atoms with Crippen LogP contribution in [0.3, 0.4) is 0 Å². The van der Waals surface area contributed by atoms with Crippen LogP contribution in [0.5, 0.6) is 5.75 Å². The van der Waals surface area contributed by atoms with Crippen molar-refractivity contribution in [2.24, 2.45) is 0 Å². The summed E-state index contributed by atoms with van der Waals surface area (Å²) in [5.74, 6) is -0.585. The van der Waals surface area contributed by atoms with Crippen LogP contribution in [0.25, 0.3) is 6.08 Å². The van der Waals surface area contributed by atoms with E-state index in [1.807, 2.05) is 0 Å². The number of nitro groups is 1. The molecule has 10 heteroatoms. The molecular formula is C16H13FN2O6S. The number of halogens is 1. The molecule has 0 aromatic heterocycles. The van der Waals surface area contributed by atoms with E-state index >= 15 is 0 Å². The number of nitrogens with zero attached hydrogens (tertiary/aromatic N) is 1. The highest BCUT2D eigenvalue weighted by Crippen LogP contribution is 2.28. The number of carbonyl (C=O) groups is 1. The summed E-state index contributed by atoms with van der Waals surface area (Å²) in [7, 11) is -3.65. The van der Waals surface area contributed by atoms with E-state index in [-0.39, 0.29) is 17.1 Å². The van der Waals surface area contributed by atoms with E-state index in [0.29, 0.717) is 5.56 Å². The molecule has 1 N–H and O–H groups in total. The molecule has 0 saturated heterocycles. The first-order valence-corrected chi connectivity index (χ1v) is 8.45. The standard InChI is InChI=1S/C16H13FN2O6S/c1-25-15-10-13(26(17,23)24)7-8-14(15)18-16(20)9-4-11-2-5-12(6-3-11)19(21)22/h2-10H,1H3,(H,18,20)/b9-4+. The number of hydrogen-bond acceptors (Lipinski definition) is 6. The number of nitro benzene ring substituents is 1. The summed E-state index contributed by atoms with van der Waals surface area (Å²) in [6.45, 7) is 0. The first-order chi connectivity index (χ1) is 12.2. The van der Waals surface area contributed by atoms with Gasteiger partial charge in [-0.1, -0.05) is 0 Å². The molecule has 0 aliphatic rings. The predicted molar refractivity (Wildman–Crippen MR) is 92.0 cm³/mol. The van der Waals surface area contributed by atoms with Crippen molar-refractivity contribution in [3.63, 3.8) is 0 Å². The average Bonchev–Trinajstić information content (AvgIpc) is 2.59. The molecule has 26 heavy (non-hydrogen) atoms. The SMILES string of the molecule is COc1cc(S(=O)(=O)F)ccc1NC(=O)/C=C/c1ccc([N+](=O)[O-])cc1. The summed E-state index contributed by atoms with van der Waals surface area (Å²) in [6, 6.07) is 8.70. The molecule has 0 spiro atoms. The molecule has 2 aromatic carbocycles. The number of non-ortho nitro benzene ring substituents is 1. The van der Waals surface area contributed by atoms with Crippen molar-refractivity contribution in [1.29, 1.82) is 0 Å². The molecule has 0 atom stereocenters. The second kappa shape index (κ2) is 7.74. The Bertz CT molecular complexity index is 971. The van der Waals surface area contributed by atoms with Crippen LogP contribution in [-0.2, 0) is 15.0 Å². The van der Waals surface area contributed by atoms with E-state index in [0.717, 1.165) is 12.1 Å². The topological polar surface area (TPSA) is 116 Å². The Morgan fingerprint density at radius 3 is 2.42 bits per heavy atom. The molecule has 0 unspecified atom stereocenters. The first kappa shape index (κ1) is 19.1. The molecule has 0 fully saturated rings. The number of ether oxygens (including phenoxy) is 1. The third-order valence-corrected chi connectivity index (χ3v) is 4.06. The largest absolute Gasteiger partial charge is 0.495 e. The second-order valence-corrected chi connectivity index (χ2v) is 6.32.